The van der Waals surface area contributed by atoms with E-state index in [9.17, 15) is 29.3 Å². The third-order valence-corrected chi connectivity index (χ3v) is 7.92. The van der Waals surface area contributed by atoms with Gasteiger partial charge >= 0.3 is 5.69 Å². The summed E-state index contributed by atoms with van der Waals surface area (Å²) in [5.74, 6) is 5.23. The Kier molecular flexibility index (Phi) is 8.01. The van der Waals surface area contributed by atoms with Crippen LogP contribution in [0.1, 0.15) is 76.8 Å². The van der Waals surface area contributed by atoms with Crippen LogP contribution in [0.2, 0.25) is 0 Å². The van der Waals surface area contributed by atoms with Gasteiger partial charge in [-0.2, -0.15) is 0 Å². The molecular weight excluding hydrogens is 528 g/mol. The van der Waals surface area contributed by atoms with Crippen molar-refractivity contribution in [3.8, 4) is 17.6 Å². The van der Waals surface area contributed by atoms with Gasteiger partial charge in [0.2, 0.25) is 11.8 Å². The number of methoxy groups -OCH3 is 1. The molecule has 1 unspecified atom stereocenters. The summed E-state index contributed by atoms with van der Waals surface area (Å²) in [5, 5.41) is 13.5. The Balaban J connectivity index is 1.26. The molecule has 0 saturated carbocycles. The van der Waals surface area contributed by atoms with Crippen molar-refractivity contribution in [1.82, 2.24) is 15.1 Å². The number of nitrogens with one attached hydrogen (secondary N) is 1. The van der Waals surface area contributed by atoms with Crippen LogP contribution < -0.4 is 10.1 Å². The van der Waals surface area contributed by atoms with E-state index in [1.165, 1.54) is 30.2 Å². The molecule has 0 aliphatic carbocycles. The second kappa shape index (κ2) is 11.8. The van der Waals surface area contributed by atoms with E-state index in [0.717, 1.165) is 30.4 Å². The number of nitrogens with zero attached hydrogens (tertiary/aromatic N) is 3. The number of likely N-dealkylation sites (tertiary alicyclic amines) is 1. The molecule has 212 valence electrons. The summed E-state index contributed by atoms with van der Waals surface area (Å²) in [6.07, 6.45) is 4.41. The highest BCUT2D eigenvalue weighted by molar-refractivity contribution is 6.05. The average molecular weight is 559 g/mol. The zero-order valence-electron chi connectivity index (χ0n) is 22.7. The van der Waals surface area contributed by atoms with Crippen molar-refractivity contribution in [3.63, 3.8) is 0 Å². The molecule has 2 aromatic rings. The number of rotatable bonds is 6. The summed E-state index contributed by atoms with van der Waals surface area (Å²) in [5.41, 5.74) is 2.17. The van der Waals surface area contributed by atoms with Gasteiger partial charge in [-0.25, -0.2) is 0 Å². The van der Waals surface area contributed by atoms with E-state index in [2.05, 4.69) is 17.2 Å². The Morgan fingerprint density at radius 3 is 2.76 bits per heavy atom. The van der Waals surface area contributed by atoms with Crippen LogP contribution in [-0.4, -0.2) is 64.1 Å². The lowest BCUT2D eigenvalue weighted by Crippen LogP contribution is -2.52. The molecule has 11 heteroatoms. The van der Waals surface area contributed by atoms with E-state index in [0.29, 0.717) is 36.9 Å². The molecule has 11 nitrogen and oxygen atoms in total. The van der Waals surface area contributed by atoms with Crippen LogP contribution in [0.4, 0.5) is 5.69 Å². The first kappa shape index (κ1) is 27.8. The minimum Gasteiger partial charge on any atom is -0.490 e. The molecule has 2 aromatic carbocycles. The Labute approximate surface area is 237 Å². The van der Waals surface area contributed by atoms with Crippen LogP contribution in [-0.2, 0) is 16.1 Å². The molecule has 2 saturated heterocycles. The van der Waals surface area contributed by atoms with Crippen molar-refractivity contribution < 1.29 is 28.8 Å². The topological polar surface area (TPSA) is 139 Å². The fourth-order valence-corrected chi connectivity index (χ4v) is 5.79. The minimum absolute atomic E-state index is 0.0159. The fourth-order valence-electron chi connectivity index (χ4n) is 5.79. The molecule has 0 bridgehead atoms. The van der Waals surface area contributed by atoms with Crippen molar-refractivity contribution in [2.75, 3.05) is 13.7 Å². The summed E-state index contributed by atoms with van der Waals surface area (Å²) in [4.78, 5) is 64.3. The predicted molar refractivity (Wildman–Crippen MR) is 147 cm³/mol. The molecule has 3 aliphatic heterocycles. The summed E-state index contributed by atoms with van der Waals surface area (Å²) in [6, 6.07) is 8.83. The molecule has 2 atom stereocenters. The molecule has 2 fully saturated rings. The van der Waals surface area contributed by atoms with Gasteiger partial charge in [0.05, 0.1) is 12.0 Å². The molecule has 5 rings (SSSR count). The van der Waals surface area contributed by atoms with Gasteiger partial charge < -0.3 is 14.5 Å². The van der Waals surface area contributed by atoms with Gasteiger partial charge in [0.1, 0.15) is 6.04 Å². The molecule has 1 N–H and O–H groups in total. The average Bonchev–Trinajstić information content (AvgIpc) is 3.31. The van der Waals surface area contributed by atoms with E-state index < -0.39 is 16.9 Å². The number of ether oxygens (including phenoxy) is 1. The Bertz CT molecular complexity index is 1490. The van der Waals surface area contributed by atoms with Crippen molar-refractivity contribution >= 4 is 29.3 Å². The maximum Gasteiger partial charge on any atom is 0.310 e. The molecule has 3 aliphatic rings. The van der Waals surface area contributed by atoms with Crippen LogP contribution in [0.3, 0.4) is 0 Å². The number of piperidine rings is 2. The van der Waals surface area contributed by atoms with E-state index in [1.807, 2.05) is 11.0 Å². The SMILES string of the molecule is COc1cc(C(=O)N2CCCC[C@H]2CCC#Cc2cccc3c2CN(C2CCC(=O)NC2=O)C3=O)ccc1[N+](=O)[O-]. The molecule has 0 spiro atoms. The van der Waals surface area contributed by atoms with E-state index >= 15 is 0 Å². The third kappa shape index (κ3) is 5.63. The predicted octanol–water partition coefficient (Wildman–Crippen LogP) is 3.19. The van der Waals surface area contributed by atoms with Crippen molar-refractivity contribution in [1.29, 1.82) is 0 Å². The van der Waals surface area contributed by atoms with Crippen LogP contribution in [0, 0.1) is 22.0 Å². The third-order valence-electron chi connectivity index (χ3n) is 7.92. The van der Waals surface area contributed by atoms with Gasteiger partial charge in [-0.05, 0) is 55.9 Å². The van der Waals surface area contributed by atoms with Crippen LogP contribution in [0.25, 0.3) is 0 Å². The Hall–Kier alpha value is -4.72. The molecule has 4 amide bonds. The normalized spacial score (nSPS) is 20.2. The first-order chi connectivity index (χ1) is 19.8. The number of amides is 4. The number of nitro groups is 1. The first-order valence-corrected chi connectivity index (χ1v) is 13.7. The summed E-state index contributed by atoms with van der Waals surface area (Å²) >= 11 is 0. The molecular formula is C30H30N4O7. The number of fused-ring (bicyclic) bond motifs is 1. The summed E-state index contributed by atoms with van der Waals surface area (Å²) < 4.78 is 5.13. The van der Waals surface area contributed by atoms with Crippen molar-refractivity contribution in [2.24, 2.45) is 0 Å². The van der Waals surface area contributed by atoms with Crippen LogP contribution >= 0.6 is 0 Å². The zero-order valence-corrected chi connectivity index (χ0v) is 22.7. The zero-order chi connectivity index (χ0) is 29.1. The highest BCUT2D eigenvalue weighted by atomic mass is 16.6. The second-order valence-corrected chi connectivity index (χ2v) is 10.4. The lowest BCUT2D eigenvalue weighted by atomic mass is 9.96. The molecule has 0 aromatic heterocycles. The van der Waals surface area contributed by atoms with E-state index in [-0.39, 0.29) is 48.2 Å². The maximum atomic E-state index is 13.4. The van der Waals surface area contributed by atoms with E-state index in [1.54, 1.807) is 12.1 Å². The Morgan fingerprint density at radius 2 is 2.00 bits per heavy atom. The second-order valence-electron chi connectivity index (χ2n) is 10.4. The van der Waals surface area contributed by atoms with Crippen LogP contribution in [0.15, 0.2) is 36.4 Å². The highest BCUT2D eigenvalue weighted by Gasteiger charge is 2.39. The maximum absolute atomic E-state index is 13.4. The number of carbonyl (C=O) groups is 4. The number of imide groups is 1. The highest BCUT2D eigenvalue weighted by Crippen LogP contribution is 2.31. The summed E-state index contributed by atoms with van der Waals surface area (Å²) in [6.45, 7) is 0.857. The molecule has 3 heterocycles. The van der Waals surface area contributed by atoms with Crippen molar-refractivity contribution in [2.45, 2.75) is 63.6 Å². The first-order valence-electron chi connectivity index (χ1n) is 13.7. The van der Waals surface area contributed by atoms with Gasteiger partial charge in [0.15, 0.2) is 5.75 Å². The molecule has 41 heavy (non-hydrogen) atoms. The fraction of sp³-hybridized carbons (Fsp3) is 0.400. The van der Waals surface area contributed by atoms with Crippen LogP contribution in [0.5, 0.6) is 5.75 Å². The largest absolute Gasteiger partial charge is 0.490 e. The minimum atomic E-state index is -0.682. The van der Waals surface area contributed by atoms with Gasteiger partial charge in [-0.15, -0.1) is 0 Å². The number of carbonyl (C=O) groups excluding carboxylic acids is 4. The standard InChI is InChI=1S/C30H30N4O7/c1-41-26-17-20(12-13-24(26)34(39)40)29(37)32-16-5-4-10-21(32)9-3-2-7-19-8-6-11-22-23(19)18-33(30(22)38)25-14-15-27(35)31-28(25)36/h6,8,11-13,17,21,25H,3-5,9-10,14-16,18H2,1H3,(H,31,35,36)/t21-,25?/m1/s1. The lowest BCUT2D eigenvalue weighted by Gasteiger charge is -2.35. The molecule has 0 radical (unpaired) electrons. The number of nitro benzene ring substituents is 1. The van der Waals surface area contributed by atoms with Gasteiger partial charge in [-0.1, -0.05) is 17.9 Å². The van der Waals surface area contributed by atoms with E-state index in [4.69, 9.17) is 4.74 Å². The van der Waals surface area contributed by atoms with Gasteiger partial charge in [-0.3, -0.25) is 34.6 Å². The number of hydrogen-bond acceptors (Lipinski definition) is 7. The smallest absolute Gasteiger partial charge is 0.310 e. The van der Waals surface area contributed by atoms with Gasteiger partial charge in [0.25, 0.3) is 11.8 Å². The van der Waals surface area contributed by atoms with Crippen molar-refractivity contribution in [3.05, 3.63) is 68.8 Å². The monoisotopic (exact) mass is 558 g/mol. The number of hydrogen-bond donors (Lipinski definition) is 1. The summed E-state index contributed by atoms with van der Waals surface area (Å²) in [7, 11) is 1.34. The Morgan fingerprint density at radius 1 is 1.17 bits per heavy atom. The van der Waals surface area contributed by atoms with Gasteiger partial charge in [0, 0.05) is 60.8 Å². The quantitative estimate of drug-likeness (QED) is 0.249. The lowest BCUT2D eigenvalue weighted by molar-refractivity contribution is -0.385. The number of benzene rings is 2.